The lowest BCUT2D eigenvalue weighted by molar-refractivity contribution is -0.114. The molecule has 0 saturated heterocycles. The summed E-state index contributed by atoms with van der Waals surface area (Å²) in [6, 6.07) is 12.1. The summed E-state index contributed by atoms with van der Waals surface area (Å²) in [6.45, 7) is 0. The molecule has 0 aliphatic carbocycles. The van der Waals surface area contributed by atoms with Crippen LogP contribution < -0.4 is 5.73 Å². The Hall–Kier alpha value is -2.17. The van der Waals surface area contributed by atoms with E-state index in [0.29, 0.717) is 16.7 Å². The highest BCUT2D eigenvalue weighted by atomic mass is 32.2. The number of carbonyl (C=O) groups excluding carboxylic acids is 1. The molecule has 1 amide bonds. The van der Waals surface area contributed by atoms with Crippen LogP contribution in [0, 0.1) is 11.3 Å². The van der Waals surface area contributed by atoms with Crippen molar-refractivity contribution >= 4 is 35.1 Å². The Morgan fingerprint density at radius 1 is 1.27 bits per heavy atom. The zero-order chi connectivity index (χ0) is 16.1. The maximum absolute atomic E-state index is 12.3. The van der Waals surface area contributed by atoms with Crippen molar-refractivity contribution in [1.82, 2.24) is 0 Å². The molecule has 112 valence electrons. The predicted molar refractivity (Wildman–Crippen MR) is 84.4 cm³/mol. The minimum atomic E-state index is -2.44. The summed E-state index contributed by atoms with van der Waals surface area (Å²) in [4.78, 5) is 13.1. The molecule has 0 bridgehead atoms. The largest absolute Gasteiger partial charge is 0.365 e. The topological polar surface area (TPSA) is 66.9 Å². The molecule has 0 unspecified atom stereocenters. The van der Waals surface area contributed by atoms with Gasteiger partial charge in [-0.3, -0.25) is 4.79 Å². The Kier molecular flexibility index (Phi) is 5.31. The highest BCUT2D eigenvalue weighted by molar-refractivity contribution is 7.99. The normalized spacial score (nSPS) is 11.5. The van der Waals surface area contributed by atoms with Crippen molar-refractivity contribution in [2.24, 2.45) is 5.73 Å². The second-order valence-corrected chi connectivity index (χ2v) is 6.32. The summed E-state index contributed by atoms with van der Waals surface area (Å²) in [5.41, 5.74) is 5.84. The Morgan fingerprint density at radius 3 is 2.50 bits per heavy atom. The van der Waals surface area contributed by atoms with Crippen molar-refractivity contribution < 1.29 is 13.6 Å². The number of carbonyl (C=O) groups is 1. The number of primary amides is 1. The number of thiophene rings is 1. The third-order valence-electron chi connectivity index (χ3n) is 2.66. The van der Waals surface area contributed by atoms with Crippen LogP contribution in [0.1, 0.15) is 4.88 Å². The van der Waals surface area contributed by atoms with Crippen molar-refractivity contribution in [2.75, 3.05) is 0 Å². The summed E-state index contributed by atoms with van der Waals surface area (Å²) in [5, 5.41) is 8.81. The molecule has 2 aromatic rings. The van der Waals surface area contributed by atoms with E-state index in [1.165, 1.54) is 17.4 Å². The smallest absolute Gasteiger partial charge is 0.288 e. The van der Waals surface area contributed by atoms with Gasteiger partial charge in [-0.05, 0) is 35.9 Å². The highest BCUT2D eigenvalue weighted by Gasteiger charge is 2.08. The maximum atomic E-state index is 12.3. The zero-order valence-corrected chi connectivity index (χ0v) is 12.8. The number of rotatable bonds is 5. The van der Waals surface area contributed by atoms with Gasteiger partial charge >= 0.3 is 0 Å². The molecule has 0 aliphatic rings. The molecule has 0 spiro atoms. The predicted octanol–water partition coefficient (Wildman–Crippen LogP) is 4.12. The molecule has 0 fully saturated rings. The van der Waals surface area contributed by atoms with E-state index >= 15 is 0 Å². The van der Waals surface area contributed by atoms with Gasteiger partial charge in [0.1, 0.15) is 11.6 Å². The summed E-state index contributed by atoms with van der Waals surface area (Å²) < 4.78 is 24.5. The van der Waals surface area contributed by atoms with Gasteiger partial charge in [0.05, 0.1) is 0 Å². The lowest BCUT2D eigenvalue weighted by Gasteiger charge is -2.01. The molecule has 0 radical (unpaired) electrons. The molecule has 7 heteroatoms. The van der Waals surface area contributed by atoms with E-state index in [1.54, 1.807) is 36.4 Å². The highest BCUT2D eigenvalue weighted by Crippen LogP contribution is 2.32. The average molecular weight is 336 g/mol. The fraction of sp³-hybridized carbons (Fsp3) is 0.0667. The van der Waals surface area contributed by atoms with Crippen LogP contribution in [-0.4, -0.2) is 11.7 Å². The number of amides is 1. The number of thioether (sulfide) groups is 1. The van der Waals surface area contributed by atoms with E-state index in [-0.39, 0.29) is 5.57 Å². The van der Waals surface area contributed by atoms with Gasteiger partial charge in [-0.1, -0.05) is 23.9 Å². The molecule has 1 heterocycles. The first-order valence-corrected chi connectivity index (χ1v) is 7.76. The van der Waals surface area contributed by atoms with Crippen molar-refractivity contribution in [1.29, 1.82) is 5.26 Å². The third-order valence-corrected chi connectivity index (χ3v) is 4.47. The van der Waals surface area contributed by atoms with Crippen molar-refractivity contribution in [3.63, 3.8) is 0 Å². The van der Waals surface area contributed by atoms with Gasteiger partial charge in [0, 0.05) is 14.6 Å². The van der Waals surface area contributed by atoms with E-state index in [0.717, 1.165) is 15.3 Å². The molecular formula is C15H10F2N2OS2. The van der Waals surface area contributed by atoms with Crippen LogP contribution in [0.5, 0.6) is 0 Å². The van der Waals surface area contributed by atoms with Crippen LogP contribution in [0.25, 0.3) is 16.5 Å². The van der Waals surface area contributed by atoms with Crippen molar-refractivity contribution in [2.45, 2.75) is 10.7 Å². The molecule has 22 heavy (non-hydrogen) atoms. The number of hydrogen-bond acceptors (Lipinski definition) is 4. The van der Waals surface area contributed by atoms with Gasteiger partial charge in [-0.2, -0.15) is 14.0 Å². The van der Waals surface area contributed by atoms with Crippen molar-refractivity contribution in [3.05, 3.63) is 46.8 Å². The lowest BCUT2D eigenvalue weighted by Crippen LogP contribution is -2.12. The summed E-state index contributed by atoms with van der Waals surface area (Å²) in [6.07, 6.45) is 1.43. The van der Waals surface area contributed by atoms with Gasteiger partial charge in [0.25, 0.3) is 11.7 Å². The van der Waals surface area contributed by atoms with E-state index in [1.807, 2.05) is 6.07 Å². The molecule has 0 aliphatic heterocycles. The summed E-state index contributed by atoms with van der Waals surface area (Å²) >= 11 is 1.87. The Labute approximate surface area is 134 Å². The van der Waals surface area contributed by atoms with E-state index in [2.05, 4.69) is 0 Å². The number of nitrogens with two attached hydrogens (primary N) is 1. The summed E-state index contributed by atoms with van der Waals surface area (Å²) in [5.74, 6) is -3.21. The van der Waals surface area contributed by atoms with Gasteiger partial charge < -0.3 is 5.73 Å². The number of benzene rings is 1. The van der Waals surface area contributed by atoms with Crippen LogP contribution in [0.2, 0.25) is 0 Å². The molecule has 2 N–H and O–H groups in total. The Morgan fingerprint density at radius 2 is 1.95 bits per heavy atom. The standard InChI is InChI=1S/C15H10F2N2OS2/c16-15(17)22-11-3-1-9(2-4-11)13-6-5-12(21-13)7-10(8-18)14(19)20/h1-7,15H,(H2,19,20). The first-order valence-electron chi connectivity index (χ1n) is 6.06. The fourth-order valence-corrected chi connectivity index (χ4v) is 3.14. The van der Waals surface area contributed by atoms with Gasteiger partial charge in [0.2, 0.25) is 0 Å². The molecule has 0 saturated carbocycles. The average Bonchev–Trinajstić information content (AvgIpc) is 2.93. The zero-order valence-electron chi connectivity index (χ0n) is 11.1. The minimum Gasteiger partial charge on any atom is -0.365 e. The second-order valence-electron chi connectivity index (χ2n) is 4.14. The van der Waals surface area contributed by atoms with Crippen LogP contribution >= 0.6 is 23.1 Å². The number of hydrogen-bond donors (Lipinski definition) is 1. The number of nitrogens with zero attached hydrogens (tertiary/aromatic N) is 1. The Balaban J connectivity index is 2.21. The molecular weight excluding hydrogens is 326 g/mol. The lowest BCUT2D eigenvalue weighted by atomic mass is 10.2. The first kappa shape index (κ1) is 16.2. The monoisotopic (exact) mass is 336 g/mol. The van der Waals surface area contributed by atoms with Gasteiger partial charge in [0.15, 0.2) is 0 Å². The third kappa shape index (κ3) is 4.16. The van der Waals surface area contributed by atoms with E-state index in [4.69, 9.17) is 11.0 Å². The van der Waals surface area contributed by atoms with E-state index in [9.17, 15) is 13.6 Å². The minimum absolute atomic E-state index is 0.114. The second kappa shape index (κ2) is 7.20. The SMILES string of the molecule is N#CC(=Cc1ccc(-c2ccc(SC(F)F)cc2)s1)C(N)=O. The number of halogens is 2. The molecule has 2 rings (SSSR count). The molecule has 3 nitrogen and oxygen atoms in total. The van der Waals surface area contributed by atoms with Crippen molar-refractivity contribution in [3.8, 4) is 16.5 Å². The number of alkyl halides is 2. The fourth-order valence-electron chi connectivity index (χ4n) is 1.69. The first-order chi connectivity index (χ1) is 10.5. The molecule has 1 aromatic heterocycles. The van der Waals surface area contributed by atoms with Gasteiger partial charge in [-0.25, -0.2) is 0 Å². The van der Waals surface area contributed by atoms with Crippen LogP contribution in [0.4, 0.5) is 8.78 Å². The van der Waals surface area contributed by atoms with E-state index < -0.39 is 11.7 Å². The maximum Gasteiger partial charge on any atom is 0.288 e. The molecule has 0 atom stereocenters. The number of nitriles is 1. The van der Waals surface area contributed by atoms with Crippen LogP contribution in [-0.2, 0) is 4.79 Å². The van der Waals surface area contributed by atoms with Gasteiger partial charge in [-0.15, -0.1) is 11.3 Å². The Bertz CT molecular complexity index is 746. The van der Waals surface area contributed by atoms with Crippen LogP contribution in [0.15, 0.2) is 46.9 Å². The molecule has 1 aromatic carbocycles. The quantitative estimate of drug-likeness (QED) is 0.507. The summed E-state index contributed by atoms with van der Waals surface area (Å²) in [7, 11) is 0. The van der Waals surface area contributed by atoms with Crippen LogP contribution in [0.3, 0.4) is 0 Å².